The molecule has 1 heterocycles. The van der Waals surface area contributed by atoms with E-state index >= 15 is 0 Å². The summed E-state index contributed by atoms with van der Waals surface area (Å²) in [6.45, 7) is -0.251. The minimum atomic E-state index is -0.362. The number of aliphatic hydroxyl groups excluding tert-OH is 1. The zero-order valence-corrected chi connectivity index (χ0v) is 7.69. The molecule has 0 saturated heterocycles. The number of aromatic amines is 1. The summed E-state index contributed by atoms with van der Waals surface area (Å²) in [6.07, 6.45) is 0. The highest BCUT2D eigenvalue weighted by Crippen LogP contribution is 2.14. The summed E-state index contributed by atoms with van der Waals surface area (Å²) >= 11 is 0. The first kappa shape index (κ1) is 9.37. The maximum atomic E-state index is 11.4. The van der Waals surface area contributed by atoms with E-state index in [1.807, 2.05) is 6.07 Å². The fourth-order valence-electron chi connectivity index (χ4n) is 1.41. The van der Waals surface area contributed by atoms with Crippen LogP contribution in [0.1, 0.15) is 11.3 Å². The third-order valence-corrected chi connectivity index (χ3v) is 2.15. The van der Waals surface area contributed by atoms with E-state index in [-0.39, 0.29) is 12.2 Å². The summed E-state index contributed by atoms with van der Waals surface area (Å²) in [5, 5.41) is 24.6. The van der Waals surface area contributed by atoms with Crippen molar-refractivity contribution in [2.45, 2.75) is 6.61 Å². The van der Waals surface area contributed by atoms with Crippen LogP contribution in [0.3, 0.4) is 0 Å². The normalized spacial score (nSPS) is 10.1. The first-order valence-electron chi connectivity index (χ1n) is 4.28. The molecule has 0 amide bonds. The van der Waals surface area contributed by atoms with Crippen LogP contribution in [0.15, 0.2) is 23.0 Å². The molecule has 5 nitrogen and oxygen atoms in total. The van der Waals surface area contributed by atoms with Crippen molar-refractivity contribution in [3.05, 3.63) is 39.8 Å². The van der Waals surface area contributed by atoms with Gasteiger partial charge in [-0.05, 0) is 12.1 Å². The summed E-state index contributed by atoms with van der Waals surface area (Å²) in [7, 11) is 0. The maximum Gasteiger partial charge on any atom is 0.272 e. The average molecular weight is 201 g/mol. The molecular formula is C10H7N3O2. The molecule has 1 aromatic heterocycles. The minimum absolute atomic E-state index is 0.251. The van der Waals surface area contributed by atoms with Crippen LogP contribution in [0.25, 0.3) is 10.8 Å². The van der Waals surface area contributed by atoms with Crippen molar-refractivity contribution in [2.24, 2.45) is 0 Å². The van der Waals surface area contributed by atoms with E-state index < -0.39 is 0 Å². The number of hydrogen-bond acceptors (Lipinski definition) is 4. The van der Waals surface area contributed by atoms with Gasteiger partial charge in [-0.1, -0.05) is 6.07 Å². The zero-order valence-electron chi connectivity index (χ0n) is 7.69. The number of H-pyrrole nitrogens is 1. The first-order valence-corrected chi connectivity index (χ1v) is 4.28. The number of fused-ring (bicyclic) bond motifs is 1. The third-order valence-electron chi connectivity index (χ3n) is 2.15. The molecule has 0 unspecified atom stereocenters. The lowest BCUT2D eigenvalue weighted by atomic mass is 10.1. The molecule has 0 aliphatic rings. The molecule has 2 aromatic rings. The maximum absolute atomic E-state index is 11.4. The molecule has 5 heteroatoms. The van der Waals surface area contributed by atoms with E-state index in [1.165, 1.54) is 6.07 Å². The largest absolute Gasteiger partial charge is 0.390 e. The lowest BCUT2D eigenvalue weighted by Crippen LogP contribution is -2.11. The predicted octanol–water partition coefficient (Wildman–Crippen LogP) is 0.287. The Balaban J connectivity index is 2.89. The summed E-state index contributed by atoms with van der Waals surface area (Å²) in [5.41, 5.74) is 0.441. The second-order valence-corrected chi connectivity index (χ2v) is 3.03. The number of nitrogens with one attached hydrogen (secondary N) is 1. The molecule has 0 radical (unpaired) electrons. The number of nitriles is 1. The number of rotatable bonds is 1. The predicted molar refractivity (Wildman–Crippen MR) is 53.0 cm³/mol. The molecule has 0 spiro atoms. The molecular weight excluding hydrogens is 194 g/mol. The quantitative estimate of drug-likeness (QED) is 0.693. The summed E-state index contributed by atoms with van der Waals surface area (Å²) in [4.78, 5) is 11.4. The molecule has 0 atom stereocenters. The fourth-order valence-corrected chi connectivity index (χ4v) is 1.41. The first-order chi connectivity index (χ1) is 7.26. The monoisotopic (exact) mass is 201 g/mol. The molecule has 0 saturated carbocycles. The Labute approximate surface area is 84.6 Å². The fraction of sp³-hybridized carbons (Fsp3) is 0.100. The Bertz CT molecular complexity index is 610. The SMILES string of the molecule is N#Cc1ccc2c(CO)n[nH]c(=O)c2c1. The van der Waals surface area contributed by atoms with Crippen LogP contribution in [0.4, 0.5) is 0 Å². The van der Waals surface area contributed by atoms with Crippen molar-refractivity contribution in [1.29, 1.82) is 5.26 Å². The Kier molecular flexibility index (Phi) is 2.20. The van der Waals surface area contributed by atoms with Gasteiger partial charge in [-0.15, -0.1) is 0 Å². The zero-order chi connectivity index (χ0) is 10.8. The molecule has 1 aromatic carbocycles. The third kappa shape index (κ3) is 1.47. The van der Waals surface area contributed by atoms with Gasteiger partial charge in [0.2, 0.25) is 0 Å². The van der Waals surface area contributed by atoms with Crippen LogP contribution >= 0.6 is 0 Å². The summed E-state index contributed by atoms with van der Waals surface area (Å²) in [6, 6.07) is 6.63. The minimum Gasteiger partial charge on any atom is -0.390 e. The molecule has 74 valence electrons. The number of benzene rings is 1. The summed E-state index contributed by atoms with van der Waals surface area (Å²) in [5.74, 6) is 0. The molecule has 15 heavy (non-hydrogen) atoms. The second kappa shape index (κ2) is 3.52. The molecule has 0 aliphatic carbocycles. The Morgan fingerprint density at radius 3 is 2.93 bits per heavy atom. The Hall–Kier alpha value is -2.19. The highest BCUT2D eigenvalue weighted by atomic mass is 16.3. The van der Waals surface area contributed by atoms with E-state index in [2.05, 4.69) is 10.2 Å². The van der Waals surface area contributed by atoms with Crippen molar-refractivity contribution >= 4 is 10.8 Å². The van der Waals surface area contributed by atoms with Gasteiger partial charge in [-0.2, -0.15) is 10.4 Å². The van der Waals surface area contributed by atoms with Gasteiger partial charge in [0.1, 0.15) is 0 Å². The second-order valence-electron chi connectivity index (χ2n) is 3.03. The van der Waals surface area contributed by atoms with Crippen LogP contribution < -0.4 is 5.56 Å². The number of aromatic nitrogens is 2. The van der Waals surface area contributed by atoms with Crippen LogP contribution in [-0.4, -0.2) is 15.3 Å². The highest BCUT2D eigenvalue weighted by molar-refractivity contribution is 5.84. The lowest BCUT2D eigenvalue weighted by Gasteiger charge is -2.01. The smallest absolute Gasteiger partial charge is 0.272 e. The van der Waals surface area contributed by atoms with Crippen molar-refractivity contribution < 1.29 is 5.11 Å². The Morgan fingerprint density at radius 2 is 2.27 bits per heavy atom. The van der Waals surface area contributed by atoms with Crippen molar-refractivity contribution in [3.8, 4) is 6.07 Å². The standard InChI is InChI=1S/C10H7N3O2/c11-4-6-1-2-7-8(3-6)10(15)13-12-9(7)5-14/h1-3,14H,5H2,(H,13,15). The van der Waals surface area contributed by atoms with Crippen molar-refractivity contribution in [2.75, 3.05) is 0 Å². The van der Waals surface area contributed by atoms with E-state index in [0.29, 0.717) is 22.0 Å². The van der Waals surface area contributed by atoms with Gasteiger partial charge in [0.25, 0.3) is 5.56 Å². The van der Waals surface area contributed by atoms with Gasteiger partial charge in [0, 0.05) is 5.39 Å². The van der Waals surface area contributed by atoms with Gasteiger partial charge in [-0.3, -0.25) is 4.79 Å². The number of aliphatic hydroxyl groups is 1. The lowest BCUT2D eigenvalue weighted by molar-refractivity contribution is 0.277. The summed E-state index contributed by atoms with van der Waals surface area (Å²) < 4.78 is 0. The van der Waals surface area contributed by atoms with E-state index in [1.54, 1.807) is 12.1 Å². The van der Waals surface area contributed by atoms with Gasteiger partial charge in [-0.25, -0.2) is 5.10 Å². The average Bonchev–Trinajstić information content (AvgIpc) is 2.29. The van der Waals surface area contributed by atoms with Crippen molar-refractivity contribution in [1.82, 2.24) is 10.2 Å². The topological polar surface area (TPSA) is 89.8 Å². The van der Waals surface area contributed by atoms with E-state index in [9.17, 15) is 4.79 Å². The van der Waals surface area contributed by atoms with Crippen molar-refractivity contribution in [3.63, 3.8) is 0 Å². The number of nitrogens with zero attached hydrogens (tertiary/aromatic N) is 2. The molecule has 0 bridgehead atoms. The van der Waals surface area contributed by atoms with Crippen LogP contribution in [0.5, 0.6) is 0 Å². The van der Waals surface area contributed by atoms with E-state index in [4.69, 9.17) is 10.4 Å². The Morgan fingerprint density at radius 1 is 1.47 bits per heavy atom. The van der Waals surface area contributed by atoms with Gasteiger partial charge in [0.15, 0.2) is 0 Å². The number of hydrogen-bond donors (Lipinski definition) is 2. The highest BCUT2D eigenvalue weighted by Gasteiger charge is 2.05. The van der Waals surface area contributed by atoms with Gasteiger partial charge < -0.3 is 5.11 Å². The van der Waals surface area contributed by atoms with E-state index in [0.717, 1.165) is 0 Å². The van der Waals surface area contributed by atoms with Crippen LogP contribution in [-0.2, 0) is 6.61 Å². The molecule has 0 fully saturated rings. The van der Waals surface area contributed by atoms with Crippen LogP contribution in [0, 0.1) is 11.3 Å². The molecule has 0 aliphatic heterocycles. The molecule has 2 N–H and O–H groups in total. The van der Waals surface area contributed by atoms with Crippen LogP contribution in [0.2, 0.25) is 0 Å². The van der Waals surface area contributed by atoms with Gasteiger partial charge in [0.05, 0.1) is 29.3 Å². The molecule has 2 rings (SSSR count). The van der Waals surface area contributed by atoms with Gasteiger partial charge >= 0.3 is 0 Å².